The number of carbonyl (C=O) groups is 1. The first-order valence-electron chi connectivity index (χ1n) is 5.30. The lowest BCUT2D eigenvalue weighted by atomic mass is 10.1. The van der Waals surface area contributed by atoms with Crippen molar-refractivity contribution in [2.24, 2.45) is 5.92 Å². The standard InChI is InChI=1S/C12H15NO2/c14-12(15)9-6-7-11(8-9)13-10-4-2-1-3-5-10/h1-5,9,11,13H,6-8H2,(H,14,15)/t9-,11-/m1/s1. The van der Waals surface area contributed by atoms with Crippen LogP contribution in [0.1, 0.15) is 19.3 Å². The highest BCUT2D eigenvalue weighted by molar-refractivity contribution is 5.70. The van der Waals surface area contributed by atoms with Crippen LogP contribution in [0.15, 0.2) is 30.3 Å². The average Bonchev–Trinajstić information content (AvgIpc) is 2.68. The molecule has 2 atom stereocenters. The highest BCUT2D eigenvalue weighted by atomic mass is 16.4. The van der Waals surface area contributed by atoms with E-state index in [9.17, 15) is 4.79 Å². The summed E-state index contributed by atoms with van der Waals surface area (Å²) in [6.45, 7) is 0. The number of benzene rings is 1. The van der Waals surface area contributed by atoms with Crippen molar-refractivity contribution >= 4 is 11.7 Å². The molecule has 1 saturated carbocycles. The van der Waals surface area contributed by atoms with E-state index in [4.69, 9.17) is 5.11 Å². The maximum absolute atomic E-state index is 10.8. The molecule has 3 nitrogen and oxygen atoms in total. The predicted molar refractivity (Wildman–Crippen MR) is 58.8 cm³/mol. The van der Waals surface area contributed by atoms with Gasteiger partial charge in [0.05, 0.1) is 5.92 Å². The summed E-state index contributed by atoms with van der Waals surface area (Å²) in [7, 11) is 0. The summed E-state index contributed by atoms with van der Waals surface area (Å²) >= 11 is 0. The van der Waals surface area contributed by atoms with E-state index < -0.39 is 5.97 Å². The molecule has 0 heterocycles. The van der Waals surface area contributed by atoms with Crippen LogP contribution in [0.4, 0.5) is 5.69 Å². The van der Waals surface area contributed by atoms with Gasteiger partial charge < -0.3 is 10.4 Å². The van der Waals surface area contributed by atoms with E-state index in [1.54, 1.807) is 0 Å². The van der Waals surface area contributed by atoms with E-state index in [1.165, 1.54) is 0 Å². The maximum Gasteiger partial charge on any atom is 0.306 e. The zero-order valence-corrected chi connectivity index (χ0v) is 8.52. The van der Waals surface area contributed by atoms with Crippen LogP contribution in [0.25, 0.3) is 0 Å². The van der Waals surface area contributed by atoms with Crippen LogP contribution >= 0.6 is 0 Å². The Bertz CT molecular complexity index is 337. The van der Waals surface area contributed by atoms with Gasteiger partial charge >= 0.3 is 5.97 Å². The van der Waals surface area contributed by atoms with Crippen molar-refractivity contribution in [3.63, 3.8) is 0 Å². The van der Waals surface area contributed by atoms with E-state index in [1.807, 2.05) is 30.3 Å². The van der Waals surface area contributed by atoms with E-state index in [-0.39, 0.29) is 5.92 Å². The minimum atomic E-state index is -0.660. The fourth-order valence-corrected chi connectivity index (χ4v) is 2.11. The van der Waals surface area contributed by atoms with Gasteiger partial charge in [-0.2, -0.15) is 0 Å². The van der Waals surface area contributed by atoms with Crippen LogP contribution in [-0.2, 0) is 4.79 Å². The first kappa shape index (κ1) is 10.0. The smallest absolute Gasteiger partial charge is 0.306 e. The Kier molecular flexibility index (Phi) is 2.90. The van der Waals surface area contributed by atoms with Gasteiger partial charge in [0, 0.05) is 11.7 Å². The number of carboxylic acids is 1. The van der Waals surface area contributed by atoms with E-state index >= 15 is 0 Å². The Balaban J connectivity index is 1.90. The van der Waals surface area contributed by atoms with E-state index in [0.717, 1.165) is 24.9 Å². The summed E-state index contributed by atoms with van der Waals surface area (Å²) in [6.07, 6.45) is 2.48. The molecular formula is C12H15NO2. The minimum absolute atomic E-state index is 0.161. The van der Waals surface area contributed by atoms with Gasteiger partial charge in [-0.3, -0.25) is 4.79 Å². The van der Waals surface area contributed by atoms with Crippen molar-refractivity contribution in [3.8, 4) is 0 Å². The summed E-state index contributed by atoms with van der Waals surface area (Å²) in [5, 5.41) is 12.2. The molecule has 0 unspecified atom stereocenters. The molecule has 1 fully saturated rings. The van der Waals surface area contributed by atoms with Gasteiger partial charge in [-0.1, -0.05) is 18.2 Å². The summed E-state index contributed by atoms with van der Waals surface area (Å²) in [5.41, 5.74) is 1.08. The number of anilines is 1. The Morgan fingerprint density at radius 2 is 2.00 bits per heavy atom. The normalized spacial score (nSPS) is 25.1. The Morgan fingerprint density at radius 1 is 1.27 bits per heavy atom. The number of para-hydroxylation sites is 1. The number of hydrogen-bond donors (Lipinski definition) is 2. The zero-order chi connectivity index (χ0) is 10.7. The lowest BCUT2D eigenvalue weighted by Crippen LogP contribution is -2.17. The molecular weight excluding hydrogens is 190 g/mol. The second-order valence-corrected chi connectivity index (χ2v) is 4.06. The monoisotopic (exact) mass is 205 g/mol. The summed E-state index contributed by atoms with van der Waals surface area (Å²) in [5.74, 6) is -0.821. The molecule has 80 valence electrons. The van der Waals surface area contributed by atoms with Gasteiger partial charge in [-0.25, -0.2) is 0 Å². The summed E-state index contributed by atoms with van der Waals surface area (Å²) in [6, 6.07) is 10.3. The molecule has 1 aliphatic carbocycles. The zero-order valence-electron chi connectivity index (χ0n) is 8.52. The van der Waals surface area contributed by atoms with Crippen LogP contribution in [0.3, 0.4) is 0 Å². The van der Waals surface area contributed by atoms with Gasteiger partial charge in [-0.15, -0.1) is 0 Å². The molecule has 0 bridgehead atoms. The van der Waals surface area contributed by atoms with Gasteiger partial charge in [0.15, 0.2) is 0 Å². The number of carboxylic acid groups (broad SMARTS) is 1. The molecule has 0 radical (unpaired) electrons. The molecule has 2 rings (SSSR count). The van der Waals surface area contributed by atoms with Crippen molar-refractivity contribution in [1.29, 1.82) is 0 Å². The molecule has 0 spiro atoms. The highest BCUT2D eigenvalue weighted by Gasteiger charge is 2.29. The second-order valence-electron chi connectivity index (χ2n) is 4.06. The Morgan fingerprint density at radius 3 is 2.60 bits per heavy atom. The van der Waals surface area contributed by atoms with Gasteiger partial charge in [0.2, 0.25) is 0 Å². The molecule has 1 aromatic rings. The van der Waals surface area contributed by atoms with Crippen molar-refractivity contribution in [2.75, 3.05) is 5.32 Å². The van der Waals surface area contributed by atoms with Crippen LogP contribution in [0.5, 0.6) is 0 Å². The summed E-state index contributed by atoms with van der Waals surface area (Å²) in [4.78, 5) is 10.8. The minimum Gasteiger partial charge on any atom is -0.481 e. The molecule has 0 aliphatic heterocycles. The SMILES string of the molecule is O=C(O)[C@@H]1CC[C@@H](Nc2ccccc2)C1. The Hall–Kier alpha value is -1.51. The third kappa shape index (κ3) is 2.49. The lowest BCUT2D eigenvalue weighted by molar-refractivity contribution is -0.141. The van der Waals surface area contributed by atoms with Crippen LogP contribution in [-0.4, -0.2) is 17.1 Å². The topological polar surface area (TPSA) is 49.3 Å². The maximum atomic E-state index is 10.8. The number of nitrogens with one attached hydrogen (secondary N) is 1. The van der Waals surface area contributed by atoms with E-state index in [2.05, 4.69) is 5.32 Å². The molecule has 2 N–H and O–H groups in total. The molecule has 0 aromatic heterocycles. The summed E-state index contributed by atoms with van der Waals surface area (Å²) < 4.78 is 0. The third-order valence-corrected chi connectivity index (χ3v) is 2.93. The first-order valence-corrected chi connectivity index (χ1v) is 5.30. The Labute approximate surface area is 89.1 Å². The van der Waals surface area contributed by atoms with Crippen LogP contribution in [0, 0.1) is 5.92 Å². The largest absolute Gasteiger partial charge is 0.481 e. The number of aliphatic carboxylic acids is 1. The molecule has 1 aromatic carbocycles. The van der Waals surface area contributed by atoms with E-state index in [0.29, 0.717) is 6.04 Å². The van der Waals surface area contributed by atoms with Crippen LogP contribution < -0.4 is 5.32 Å². The fraction of sp³-hybridized carbons (Fsp3) is 0.417. The molecule has 1 aliphatic rings. The second kappa shape index (κ2) is 4.34. The first-order chi connectivity index (χ1) is 7.25. The molecule has 15 heavy (non-hydrogen) atoms. The van der Waals surface area contributed by atoms with Crippen LogP contribution in [0.2, 0.25) is 0 Å². The van der Waals surface area contributed by atoms with Gasteiger partial charge in [-0.05, 0) is 31.4 Å². The average molecular weight is 205 g/mol. The molecule has 3 heteroatoms. The predicted octanol–water partition coefficient (Wildman–Crippen LogP) is 2.35. The number of hydrogen-bond acceptors (Lipinski definition) is 2. The molecule has 0 amide bonds. The third-order valence-electron chi connectivity index (χ3n) is 2.93. The van der Waals surface area contributed by atoms with Crippen molar-refractivity contribution < 1.29 is 9.90 Å². The highest BCUT2D eigenvalue weighted by Crippen LogP contribution is 2.28. The van der Waals surface area contributed by atoms with Crippen molar-refractivity contribution in [1.82, 2.24) is 0 Å². The van der Waals surface area contributed by atoms with Gasteiger partial charge in [0.25, 0.3) is 0 Å². The quantitative estimate of drug-likeness (QED) is 0.796. The van der Waals surface area contributed by atoms with Crippen molar-refractivity contribution in [3.05, 3.63) is 30.3 Å². The molecule has 0 saturated heterocycles. The fourth-order valence-electron chi connectivity index (χ4n) is 2.11. The van der Waals surface area contributed by atoms with Crippen molar-refractivity contribution in [2.45, 2.75) is 25.3 Å². The van der Waals surface area contributed by atoms with Gasteiger partial charge in [0.1, 0.15) is 0 Å². The number of rotatable bonds is 3. The lowest BCUT2D eigenvalue weighted by Gasteiger charge is -2.13.